The van der Waals surface area contributed by atoms with E-state index in [0.29, 0.717) is 12.1 Å². The second-order valence-electron chi connectivity index (χ2n) is 4.48. The zero-order valence-electron chi connectivity index (χ0n) is 11.0. The van der Waals surface area contributed by atoms with Crippen molar-refractivity contribution in [2.24, 2.45) is 0 Å². The number of ether oxygens (including phenoxy) is 2. The van der Waals surface area contributed by atoms with E-state index in [2.05, 4.69) is 26.1 Å². The smallest absolute Gasteiger partial charge is 0.0990 e. The van der Waals surface area contributed by atoms with Gasteiger partial charge < -0.3 is 14.8 Å². The van der Waals surface area contributed by atoms with Gasteiger partial charge in [-0.3, -0.25) is 0 Å². The molecule has 0 aliphatic heterocycles. The molecule has 0 heterocycles. The largest absolute Gasteiger partial charge is 0.375 e. The van der Waals surface area contributed by atoms with E-state index in [1.165, 1.54) is 12.8 Å². The summed E-state index contributed by atoms with van der Waals surface area (Å²) in [6.07, 6.45) is 5.23. The van der Waals surface area contributed by atoms with E-state index < -0.39 is 0 Å². The van der Waals surface area contributed by atoms with Crippen molar-refractivity contribution in [1.82, 2.24) is 5.32 Å². The summed E-state index contributed by atoms with van der Waals surface area (Å²) in [5, 5.41) is 3.52. The van der Waals surface area contributed by atoms with Crippen LogP contribution in [0.2, 0.25) is 0 Å². The molecule has 3 unspecified atom stereocenters. The molecule has 1 saturated carbocycles. The molecule has 0 aromatic rings. The van der Waals surface area contributed by atoms with E-state index >= 15 is 0 Å². The summed E-state index contributed by atoms with van der Waals surface area (Å²) in [4.78, 5) is 0. The number of hydrogen-bond acceptors (Lipinski definition) is 3. The van der Waals surface area contributed by atoms with Crippen LogP contribution in [0.1, 0.15) is 46.5 Å². The summed E-state index contributed by atoms with van der Waals surface area (Å²) in [7, 11) is 0. The average Bonchev–Trinajstić information content (AvgIpc) is 2.29. The molecule has 3 nitrogen and oxygen atoms in total. The first-order valence-corrected chi connectivity index (χ1v) is 6.80. The summed E-state index contributed by atoms with van der Waals surface area (Å²) in [5.74, 6) is 0. The van der Waals surface area contributed by atoms with Crippen molar-refractivity contribution in [3.63, 3.8) is 0 Å². The van der Waals surface area contributed by atoms with Gasteiger partial charge in [-0.05, 0) is 32.7 Å². The van der Waals surface area contributed by atoms with Crippen molar-refractivity contribution in [1.29, 1.82) is 0 Å². The van der Waals surface area contributed by atoms with Crippen molar-refractivity contribution >= 4 is 0 Å². The van der Waals surface area contributed by atoms with Crippen molar-refractivity contribution in [2.45, 2.75) is 64.7 Å². The molecule has 0 radical (unpaired) electrons. The fourth-order valence-corrected chi connectivity index (χ4v) is 2.07. The third kappa shape index (κ3) is 4.04. The summed E-state index contributed by atoms with van der Waals surface area (Å²) >= 11 is 0. The van der Waals surface area contributed by atoms with Crippen LogP contribution in [0.5, 0.6) is 0 Å². The van der Waals surface area contributed by atoms with Gasteiger partial charge in [0.15, 0.2) is 0 Å². The molecule has 0 bridgehead atoms. The summed E-state index contributed by atoms with van der Waals surface area (Å²) < 4.78 is 11.6. The highest BCUT2D eigenvalue weighted by Gasteiger charge is 2.42. The standard InChI is InChI=1S/C13H27NO2/c1-4-7-9-16-12-10-11(14-8-5-2)13(12)15-6-3/h11-14H,4-10H2,1-3H3. The van der Waals surface area contributed by atoms with E-state index in [0.717, 1.165) is 32.6 Å². The Kier molecular flexibility index (Phi) is 7.01. The molecule has 0 amide bonds. The van der Waals surface area contributed by atoms with Crippen molar-refractivity contribution < 1.29 is 9.47 Å². The topological polar surface area (TPSA) is 30.5 Å². The Morgan fingerprint density at radius 1 is 1.12 bits per heavy atom. The maximum Gasteiger partial charge on any atom is 0.0990 e. The average molecular weight is 229 g/mol. The predicted octanol–water partition coefficient (Wildman–Crippen LogP) is 2.35. The molecule has 1 rings (SSSR count). The Bertz CT molecular complexity index is 175. The Labute approximate surface area is 99.9 Å². The maximum absolute atomic E-state index is 5.83. The maximum atomic E-state index is 5.83. The third-order valence-corrected chi connectivity index (χ3v) is 3.09. The fraction of sp³-hybridized carbons (Fsp3) is 1.00. The molecule has 1 fully saturated rings. The first-order chi connectivity index (χ1) is 7.83. The summed E-state index contributed by atoms with van der Waals surface area (Å²) in [5.41, 5.74) is 0. The number of unbranched alkanes of at least 4 members (excludes halogenated alkanes) is 1. The molecule has 16 heavy (non-hydrogen) atoms. The SMILES string of the molecule is CCCCOC1CC(NCCC)C1OCC. The van der Waals surface area contributed by atoms with E-state index in [9.17, 15) is 0 Å². The van der Waals surface area contributed by atoms with Crippen molar-refractivity contribution in [3.05, 3.63) is 0 Å². The predicted molar refractivity (Wildman–Crippen MR) is 66.8 cm³/mol. The normalized spacial score (nSPS) is 29.1. The zero-order chi connectivity index (χ0) is 11.8. The molecule has 1 aliphatic rings. The monoisotopic (exact) mass is 229 g/mol. The lowest BCUT2D eigenvalue weighted by Gasteiger charge is -2.44. The molecular weight excluding hydrogens is 202 g/mol. The Morgan fingerprint density at radius 2 is 1.94 bits per heavy atom. The Hall–Kier alpha value is -0.120. The molecule has 0 saturated heterocycles. The molecule has 3 heteroatoms. The summed E-state index contributed by atoms with van der Waals surface area (Å²) in [6, 6.07) is 0.506. The van der Waals surface area contributed by atoms with Gasteiger partial charge in [0.1, 0.15) is 0 Å². The molecular formula is C13H27NO2. The highest BCUT2D eigenvalue weighted by atomic mass is 16.5. The minimum atomic E-state index is 0.272. The molecule has 96 valence electrons. The van der Waals surface area contributed by atoms with Gasteiger partial charge in [0, 0.05) is 19.3 Å². The van der Waals surface area contributed by atoms with E-state index in [1.807, 2.05) is 0 Å². The van der Waals surface area contributed by atoms with Gasteiger partial charge in [-0.25, -0.2) is 0 Å². The highest BCUT2D eigenvalue weighted by molar-refractivity contribution is 4.97. The third-order valence-electron chi connectivity index (χ3n) is 3.09. The second-order valence-corrected chi connectivity index (χ2v) is 4.48. The first kappa shape index (κ1) is 13.9. The minimum Gasteiger partial charge on any atom is -0.375 e. The van der Waals surface area contributed by atoms with E-state index in [4.69, 9.17) is 9.47 Å². The van der Waals surface area contributed by atoms with Gasteiger partial charge in [-0.15, -0.1) is 0 Å². The molecule has 1 aliphatic carbocycles. The Morgan fingerprint density at radius 3 is 2.56 bits per heavy atom. The molecule has 3 atom stereocenters. The van der Waals surface area contributed by atoms with Gasteiger partial charge >= 0.3 is 0 Å². The van der Waals surface area contributed by atoms with Crippen LogP contribution in [0, 0.1) is 0 Å². The van der Waals surface area contributed by atoms with Crippen LogP contribution < -0.4 is 5.32 Å². The van der Waals surface area contributed by atoms with Crippen molar-refractivity contribution in [2.75, 3.05) is 19.8 Å². The second kappa shape index (κ2) is 8.04. The molecule has 1 N–H and O–H groups in total. The van der Waals surface area contributed by atoms with E-state index in [1.54, 1.807) is 0 Å². The first-order valence-electron chi connectivity index (χ1n) is 6.80. The van der Waals surface area contributed by atoms with E-state index in [-0.39, 0.29) is 6.10 Å². The van der Waals surface area contributed by atoms with Crippen molar-refractivity contribution in [3.8, 4) is 0 Å². The zero-order valence-corrected chi connectivity index (χ0v) is 11.0. The van der Waals surface area contributed by atoms with Gasteiger partial charge in [0.25, 0.3) is 0 Å². The molecule has 0 aromatic heterocycles. The fourth-order valence-electron chi connectivity index (χ4n) is 2.07. The van der Waals surface area contributed by atoms with Crippen LogP contribution in [-0.2, 0) is 9.47 Å². The van der Waals surface area contributed by atoms with Gasteiger partial charge in [-0.2, -0.15) is 0 Å². The van der Waals surface area contributed by atoms with Gasteiger partial charge in [0.2, 0.25) is 0 Å². The number of rotatable bonds is 9. The lowest BCUT2D eigenvalue weighted by Crippen LogP contribution is -2.60. The molecule has 0 aromatic carbocycles. The quantitative estimate of drug-likeness (QED) is 0.616. The highest BCUT2D eigenvalue weighted by Crippen LogP contribution is 2.27. The number of hydrogen-bond donors (Lipinski definition) is 1. The summed E-state index contributed by atoms with van der Waals surface area (Å²) in [6.45, 7) is 9.18. The van der Waals surface area contributed by atoms with Gasteiger partial charge in [0.05, 0.1) is 12.2 Å². The molecule has 0 spiro atoms. The van der Waals surface area contributed by atoms with Crippen LogP contribution in [0.4, 0.5) is 0 Å². The lowest BCUT2D eigenvalue weighted by molar-refractivity contribution is -0.145. The minimum absolute atomic E-state index is 0.272. The number of nitrogens with one attached hydrogen (secondary N) is 1. The van der Waals surface area contributed by atoms with Crippen LogP contribution in [0.15, 0.2) is 0 Å². The van der Waals surface area contributed by atoms with Gasteiger partial charge in [-0.1, -0.05) is 20.3 Å². The van der Waals surface area contributed by atoms with Crippen LogP contribution >= 0.6 is 0 Å². The van der Waals surface area contributed by atoms with Crippen LogP contribution in [0.25, 0.3) is 0 Å². The van der Waals surface area contributed by atoms with Crippen LogP contribution in [0.3, 0.4) is 0 Å². The Balaban J connectivity index is 2.21. The van der Waals surface area contributed by atoms with Crippen LogP contribution in [-0.4, -0.2) is 38.0 Å². The lowest BCUT2D eigenvalue weighted by atomic mass is 9.85.